The summed E-state index contributed by atoms with van der Waals surface area (Å²) in [6, 6.07) is 1.42. The van der Waals surface area contributed by atoms with E-state index in [1.165, 1.54) is 6.92 Å². The van der Waals surface area contributed by atoms with Gasteiger partial charge in [0.25, 0.3) is 0 Å². The van der Waals surface area contributed by atoms with Crippen molar-refractivity contribution in [2.45, 2.75) is 63.8 Å². The summed E-state index contributed by atoms with van der Waals surface area (Å²) in [5.74, 6) is -1.34. The first kappa shape index (κ1) is 23.3. The summed E-state index contributed by atoms with van der Waals surface area (Å²) < 4.78 is 77.7. The number of hydrogen-bond donors (Lipinski definition) is 2. The quantitative estimate of drug-likeness (QED) is 0.586. The van der Waals surface area contributed by atoms with Gasteiger partial charge in [-0.15, -0.1) is 0 Å². The number of aliphatic carboxylic acids is 1. The van der Waals surface area contributed by atoms with Gasteiger partial charge in [0.2, 0.25) is 0 Å². The highest BCUT2D eigenvalue weighted by Gasteiger charge is 2.37. The fraction of sp³-hybridized carbons (Fsp3) is 0.611. The van der Waals surface area contributed by atoms with Crippen LogP contribution in [0.5, 0.6) is 0 Å². The molecule has 0 aliphatic heterocycles. The van der Waals surface area contributed by atoms with Crippen LogP contribution in [0.3, 0.4) is 0 Å². The summed E-state index contributed by atoms with van der Waals surface area (Å²) in [6.07, 6.45) is -8.41. The number of benzene rings is 1. The maximum absolute atomic E-state index is 13.1. The van der Waals surface area contributed by atoms with E-state index >= 15 is 0 Å². The first-order valence-electron chi connectivity index (χ1n) is 8.48. The van der Waals surface area contributed by atoms with Gasteiger partial charge >= 0.3 is 18.3 Å². The first-order valence-corrected chi connectivity index (χ1v) is 8.48. The molecule has 3 nitrogen and oxygen atoms in total. The molecule has 0 heterocycles. The predicted octanol–water partition coefficient (Wildman–Crippen LogP) is 5.27. The van der Waals surface area contributed by atoms with Crippen molar-refractivity contribution >= 4 is 5.97 Å². The fourth-order valence-corrected chi connectivity index (χ4v) is 2.97. The van der Waals surface area contributed by atoms with Crippen LogP contribution in [0.4, 0.5) is 26.3 Å². The molecule has 0 spiro atoms. The average Bonchev–Trinajstić information content (AvgIpc) is 2.51. The maximum Gasteiger partial charge on any atom is 0.416 e. The average molecular weight is 399 g/mol. The lowest BCUT2D eigenvalue weighted by Gasteiger charge is -2.25. The number of carboxylic acid groups (broad SMARTS) is 1. The third-order valence-corrected chi connectivity index (χ3v) is 4.58. The van der Waals surface area contributed by atoms with Crippen LogP contribution in [0.25, 0.3) is 0 Å². The molecule has 0 saturated carbocycles. The van der Waals surface area contributed by atoms with Crippen molar-refractivity contribution in [1.29, 1.82) is 0 Å². The van der Waals surface area contributed by atoms with E-state index in [1.807, 2.05) is 0 Å². The van der Waals surface area contributed by atoms with Crippen molar-refractivity contribution in [2.24, 2.45) is 11.7 Å². The summed E-state index contributed by atoms with van der Waals surface area (Å²) in [4.78, 5) is 11.1. The van der Waals surface area contributed by atoms with E-state index in [2.05, 4.69) is 0 Å². The van der Waals surface area contributed by atoms with Gasteiger partial charge < -0.3 is 10.8 Å². The molecule has 1 rings (SSSR count). The van der Waals surface area contributed by atoms with Crippen molar-refractivity contribution in [1.82, 2.24) is 0 Å². The molecule has 27 heavy (non-hydrogen) atoms. The smallest absolute Gasteiger partial charge is 0.416 e. The summed E-state index contributed by atoms with van der Waals surface area (Å²) in [6.45, 7) is 3.15. The van der Waals surface area contributed by atoms with Gasteiger partial charge in [0.05, 0.1) is 11.1 Å². The number of halogens is 6. The molecule has 0 aromatic heterocycles. The molecule has 3 N–H and O–H groups in total. The maximum atomic E-state index is 13.1. The van der Waals surface area contributed by atoms with Crippen LogP contribution in [-0.2, 0) is 23.6 Å². The molecule has 0 bridgehead atoms. The van der Waals surface area contributed by atoms with Crippen LogP contribution in [-0.4, -0.2) is 16.6 Å². The number of nitrogens with two attached hydrogens (primary N) is 1. The summed E-state index contributed by atoms with van der Waals surface area (Å²) in [5, 5.41) is 9.07. The van der Waals surface area contributed by atoms with E-state index in [-0.39, 0.29) is 25.2 Å². The van der Waals surface area contributed by atoms with Gasteiger partial charge in [-0.2, -0.15) is 26.3 Å². The Morgan fingerprint density at radius 3 is 2.19 bits per heavy atom. The molecule has 9 heteroatoms. The van der Waals surface area contributed by atoms with Crippen molar-refractivity contribution in [2.75, 3.05) is 0 Å². The Labute approximate surface area is 153 Å². The van der Waals surface area contributed by atoms with Crippen molar-refractivity contribution in [3.8, 4) is 0 Å². The van der Waals surface area contributed by atoms with Crippen LogP contribution in [0.1, 0.15) is 56.2 Å². The van der Waals surface area contributed by atoms with Crippen LogP contribution in [0.2, 0.25) is 0 Å². The highest BCUT2D eigenvalue weighted by molar-refractivity contribution is 5.77. The van der Waals surface area contributed by atoms with Gasteiger partial charge in [0.15, 0.2) is 0 Å². The van der Waals surface area contributed by atoms with Gasteiger partial charge in [-0.25, -0.2) is 0 Å². The third-order valence-electron chi connectivity index (χ3n) is 4.58. The van der Waals surface area contributed by atoms with Gasteiger partial charge in [-0.1, -0.05) is 19.8 Å². The Morgan fingerprint density at radius 2 is 1.74 bits per heavy atom. The molecule has 2 atom stereocenters. The van der Waals surface area contributed by atoms with Gasteiger partial charge in [-0.05, 0) is 55.9 Å². The van der Waals surface area contributed by atoms with Crippen LogP contribution in [0.15, 0.2) is 18.2 Å². The van der Waals surface area contributed by atoms with E-state index < -0.39 is 40.6 Å². The molecular weight excluding hydrogens is 376 g/mol. The second-order valence-corrected chi connectivity index (χ2v) is 6.96. The zero-order chi connectivity index (χ0) is 21.0. The SMILES string of the molecule is CCC(CCCc1cc(C(F)(F)F)ccc1C(F)(F)F)CC(C)(N)C(=O)O. The predicted molar refractivity (Wildman–Crippen MR) is 88.0 cm³/mol. The zero-order valence-electron chi connectivity index (χ0n) is 15.0. The van der Waals surface area contributed by atoms with E-state index in [0.717, 1.165) is 0 Å². The van der Waals surface area contributed by atoms with Gasteiger partial charge in [0, 0.05) is 0 Å². The van der Waals surface area contributed by atoms with Crippen LogP contribution >= 0.6 is 0 Å². The molecule has 2 unspecified atom stereocenters. The highest BCUT2D eigenvalue weighted by atomic mass is 19.4. The molecular formula is C18H23F6NO2. The zero-order valence-corrected chi connectivity index (χ0v) is 15.0. The number of alkyl halides is 6. The topological polar surface area (TPSA) is 63.3 Å². The molecule has 0 radical (unpaired) electrons. The van der Waals surface area contributed by atoms with Crippen molar-refractivity contribution in [3.05, 3.63) is 34.9 Å². The lowest BCUT2D eigenvalue weighted by Crippen LogP contribution is -2.46. The second-order valence-electron chi connectivity index (χ2n) is 6.96. The lowest BCUT2D eigenvalue weighted by atomic mass is 9.84. The van der Waals surface area contributed by atoms with E-state index in [4.69, 9.17) is 10.8 Å². The Morgan fingerprint density at radius 1 is 1.15 bits per heavy atom. The summed E-state index contributed by atoms with van der Waals surface area (Å²) in [7, 11) is 0. The number of aryl methyl sites for hydroxylation is 1. The monoisotopic (exact) mass is 399 g/mol. The summed E-state index contributed by atoms with van der Waals surface area (Å²) >= 11 is 0. The molecule has 154 valence electrons. The summed E-state index contributed by atoms with van der Waals surface area (Å²) in [5.41, 5.74) is 1.60. The Kier molecular flexibility index (Phi) is 7.32. The van der Waals surface area contributed by atoms with Crippen LogP contribution in [0, 0.1) is 5.92 Å². The van der Waals surface area contributed by atoms with E-state index in [0.29, 0.717) is 31.0 Å². The largest absolute Gasteiger partial charge is 0.480 e. The van der Waals surface area contributed by atoms with Gasteiger partial charge in [-0.3, -0.25) is 4.79 Å². The first-order chi connectivity index (χ1) is 12.2. The molecule has 0 fully saturated rings. The molecule has 1 aromatic rings. The Bertz CT molecular complexity index is 652. The standard InChI is InChI=1S/C18H23F6NO2/c1-3-11(10-16(2,25)15(26)27)5-4-6-12-9-13(17(19,20)21)7-8-14(12)18(22,23)24/h7-9,11H,3-6,10,25H2,1-2H3,(H,26,27). The third kappa shape index (κ3) is 6.71. The minimum Gasteiger partial charge on any atom is -0.480 e. The molecule has 0 amide bonds. The minimum absolute atomic E-state index is 0.132. The number of carbonyl (C=O) groups is 1. The molecule has 1 aromatic carbocycles. The lowest BCUT2D eigenvalue weighted by molar-refractivity contribution is -0.143. The second kappa shape index (κ2) is 8.50. The molecule has 0 saturated heterocycles. The highest BCUT2D eigenvalue weighted by Crippen LogP contribution is 2.37. The molecule has 0 aliphatic rings. The van der Waals surface area contributed by atoms with E-state index in [9.17, 15) is 31.1 Å². The van der Waals surface area contributed by atoms with Crippen molar-refractivity contribution in [3.63, 3.8) is 0 Å². The fourth-order valence-electron chi connectivity index (χ4n) is 2.97. The van der Waals surface area contributed by atoms with Crippen molar-refractivity contribution < 1.29 is 36.2 Å². The molecule has 0 aliphatic carbocycles. The normalized spacial score (nSPS) is 16.0. The number of rotatable bonds is 8. The Balaban J connectivity index is 2.92. The Hall–Kier alpha value is -1.77. The van der Waals surface area contributed by atoms with Gasteiger partial charge in [0.1, 0.15) is 5.54 Å². The number of hydrogen-bond acceptors (Lipinski definition) is 2. The minimum atomic E-state index is -4.75. The van der Waals surface area contributed by atoms with E-state index in [1.54, 1.807) is 6.92 Å². The van der Waals surface area contributed by atoms with Crippen LogP contribution < -0.4 is 5.73 Å². The number of carboxylic acids is 1.